The van der Waals surface area contributed by atoms with E-state index in [2.05, 4.69) is 44.7 Å². The minimum Gasteiger partial charge on any atom is -0.487 e. The van der Waals surface area contributed by atoms with Crippen LogP contribution in [0.2, 0.25) is 5.02 Å². The highest BCUT2D eigenvalue weighted by atomic mass is 79.9. The van der Waals surface area contributed by atoms with Crippen molar-refractivity contribution in [3.8, 4) is 5.75 Å². The Bertz CT molecular complexity index is 1150. The van der Waals surface area contributed by atoms with Crippen LogP contribution >= 0.6 is 27.5 Å². The first-order valence-electron chi connectivity index (χ1n) is 12.5. The summed E-state index contributed by atoms with van der Waals surface area (Å²) in [6.07, 6.45) is 1.99. The Morgan fingerprint density at radius 1 is 1.11 bits per heavy atom. The van der Waals surface area contributed by atoms with Gasteiger partial charge in [-0.1, -0.05) is 11.6 Å². The molecule has 0 unspecified atom stereocenters. The lowest BCUT2D eigenvalue weighted by atomic mass is 10.1. The number of hydrogen-bond donors (Lipinski definition) is 0. The average molecular weight is 582 g/mol. The first-order valence-corrected chi connectivity index (χ1v) is 13.7. The van der Waals surface area contributed by atoms with Gasteiger partial charge in [-0.15, -0.1) is 0 Å². The lowest BCUT2D eigenvalue weighted by Crippen LogP contribution is -2.58. The van der Waals surface area contributed by atoms with Crippen LogP contribution in [-0.2, 0) is 4.74 Å². The minimum absolute atomic E-state index is 0.198. The van der Waals surface area contributed by atoms with Crippen LogP contribution < -0.4 is 14.5 Å². The van der Waals surface area contributed by atoms with E-state index < -0.39 is 5.60 Å². The van der Waals surface area contributed by atoms with Crippen LogP contribution in [0.4, 0.5) is 16.6 Å². The summed E-state index contributed by atoms with van der Waals surface area (Å²) < 4.78 is 12.6. The van der Waals surface area contributed by atoms with Gasteiger partial charge in [-0.05, 0) is 69.7 Å². The number of hydrogen-bond acceptors (Lipinski definition) is 8. The molecule has 1 aromatic heterocycles. The van der Waals surface area contributed by atoms with E-state index in [4.69, 9.17) is 31.0 Å². The predicted molar refractivity (Wildman–Crippen MR) is 146 cm³/mol. The Morgan fingerprint density at radius 3 is 2.36 bits per heavy atom. The van der Waals surface area contributed by atoms with E-state index in [0.29, 0.717) is 48.9 Å². The Kier molecular flexibility index (Phi) is 6.89. The van der Waals surface area contributed by atoms with Crippen LogP contribution in [0, 0.1) is 0 Å². The van der Waals surface area contributed by atoms with Gasteiger partial charge in [-0.25, -0.2) is 9.78 Å². The maximum absolute atomic E-state index is 12.6. The molecule has 0 atom stereocenters. The molecule has 0 spiro atoms. The summed E-state index contributed by atoms with van der Waals surface area (Å²) in [6, 6.07) is 2.39. The standard InChI is InChI=1S/C25H34BrClN6O3/c1-25(2,3)36-24(34)32-10-8-31(9-11-32)22-17-12-18(27)19(26)21(35-16-6-7-16)20(17)28-23(29-22)33-13-15(14-33)30(4)5/h12,15-16H,6-11,13-14H2,1-5H3. The largest absolute Gasteiger partial charge is 0.487 e. The number of ether oxygens (including phenoxy) is 2. The fourth-order valence-electron chi connectivity index (χ4n) is 4.37. The Morgan fingerprint density at radius 2 is 1.78 bits per heavy atom. The third-order valence-electron chi connectivity index (χ3n) is 6.72. The molecule has 1 aromatic carbocycles. The normalized spacial score (nSPS) is 19.2. The second kappa shape index (κ2) is 9.68. The Balaban J connectivity index is 1.48. The smallest absolute Gasteiger partial charge is 0.410 e. The molecule has 196 valence electrons. The number of anilines is 2. The van der Waals surface area contributed by atoms with Crippen molar-refractivity contribution in [3.05, 3.63) is 15.6 Å². The molecule has 0 radical (unpaired) electrons. The number of rotatable bonds is 5. The van der Waals surface area contributed by atoms with Gasteiger partial charge in [0.05, 0.1) is 15.6 Å². The summed E-state index contributed by atoms with van der Waals surface area (Å²) in [7, 11) is 4.19. The van der Waals surface area contributed by atoms with Crippen molar-refractivity contribution in [3.63, 3.8) is 0 Å². The molecule has 1 aliphatic carbocycles. The van der Waals surface area contributed by atoms with Gasteiger partial charge in [0.25, 0.3) is 0 Å². The van der Waals surface area contributed by atoms with Crippen LogP contribution in [-0.4, -0.2) is 97.0 Å². The molecule has 11 heteroatoms. The van der Waals surface area contributed by atoms with Gasteiger partial charge < -0.3 is 29.1 Å². The minimum atomic E-state index is -0.518. The average Bonchev–Trinajstić information content (AvgIpc) is 3.59. The molecule has 3 heterocycles. The van der Waals surface area contributed by atoms with Crippen molar-refractivity contribution in [1.82, 2.24) is 19.8 Å². The number of piperazine rings is 1. The third-order valence-corrected chi connectivity index (χ3v) is 8.04. The van der Waals surface area contributed by atoms with Gasteiger partial charge in [0.1, 0.15) is 16.9 Å². The van der Waals surface area contributed by atoms with Gasteiger partial charge in [0.2, 0.25) is 5.95 Å². The maximum Gasteiger partial charge on any atom is 0.410 e. The SMILES string of the molecule is CN(C)C1CN(c2nc(N3CCN(C(=O)OC(C)(C)C)CC3)c3cc(Cl)c(Br)c(OC4CC4)c3n2)C1. The molecule has 3 fully saturated rings. The predicted octanol–water partition coefficient (Wildman–Crippen LogP) is 4.39. The van der Waals surface area contributed by atoms with E-state index in [9.17, 15) is 4.79 Å². The number of carbonyl (C=O) groups excluding carboxylic acids is 1. The van der Waals surface area contributed by atoms with Crippen LogP contribution in [0.25, 0.3) is 10.9 Å². The number of fused-ring (bicyclic) bond motifs is 1. The molecule has 0 bridgehead atoms. The van der Waals surface area contributed by atoms with Crippen LogP contribution in [0.15, 0.2) is 10.5 Å². The summed E-state index contributed by atoms with van der Waals surface area (Å²) >= 11 is 10.3. The quantitative estimate of drug-likeness (QED) is 0.515. The highest BCUT2D eigenvalue weighted by Crippen LogP contribution is 2.44. The number of amides is 1. The monoisotopic (exact) mass is 580 g/mol. The van der Waals surface area contributed by atoms with E-state index >= 15 is 0 Å². The van der Waals surface area contributed by atoms with Crippen molar-refractivity contribution in [2.75, 3.05) is 63.2 Å². The van der Waals surface area contributed by atoms with Crippen molar-refractivity contribution in [2.45, 2.75) is 51.4 Å². The number of aromatic nitrogens is 2. The molecule has 3 aliphatic rings. The first-order chi connectivity index (χ1) is 17.0. The molecular weight excluding hydrogens is 548 g/mol. The summed E-state index contributed by atoms with van der Waals surface area (Å²) in [5, 5.41) is 1.43. The molecule has 2 aliphatic heterocycles. The number of halogens is 2. The van der Waals surface area contributed by atoms with E-state index in [0.717, 1.165) is 47.1 Å². The zero-order valence-electron chi connectivity index (χ0n) is 21.6. The molecule has 1 amide bonds. The second-order valence-electron chi connectivity index (χ2n) is 11.0. The van der Waals surface area contributed by atoms with E-state index in [1.54, 1.807) is 4.90 Å². The lowest BCUT2D eigenvalue weighted by molar-refractivity contribution is 0.0240. The molecule has 1 saturated carbocycles. The lowest BCUT2D eigenvalue weighted by Gasteiger charge is -2.43. The molecule has 2 aromatic rings. The number of carbonyl (C=O) groups is 1. The summed E-state index contributed by atoms with van der Waals surface area (Å²) in [5.74, 6) is 2.20. The van der Waals surface area contributed by atoms with Gasteiger partial charge in [-0.2, -0.15) is 4.98 Å². The van der Waals surface area contributed by atoms with Gasteiger partial charge in [0, 0.05) is 50.7 Å². The fraction of sp³-hybridized carbons (Fsp3) is 0.640. The highest BCUT2D eigenvalue weighted by molar-refractivity contribution is 9.10. The molecule has 36 heavy (non-hydrogen) atoms. The molecule has 9 nitrogen and oxygen atoms in total. The van der Waals surface area contributed by atoms with Gasteiger partial charge in [-0.3, -0.25) is 0 Å². The second-order valence-corrected chi connectivity index (χ2v) is 12.2. The molecule has 5 rings (SSSR count). The first kappa shape index (κ1) is 25.6. The zero-order chi connectivity index (χ0) is 25.8. The van der Waals surface area contributed by atoms with Crippen molar-refractivity contribution < 1.29 is 14.3 Å². The van der Waals surface area contributed by atoms with Crippen LogP contribution in [0.5, 0.6) is 5.75 Å². The van der Waals surface area contributed by atoms with E-state index in [1.807, 2.05) is 26.8 Å². The summed E-state index contributed by atoms with van der Waals surface area (Å²) in [6.45, 7) is 9.78. The number of likely N-dealkylation sites (N-methyl/N-ethyl adjacent to an activating group) is 1. The number of benzene rings is 1. The fourth-order valence-corrected chi connectivity index (χ4v) is 4.96. The molecule has 0 N–H and O–H groups in total. The highest BCUT2D eigenvalue weighted by Gasteiger charge is 2.34. The Labute approximate surface area is 225 Å². The van der Waals surface area contributed by atoms with E-state index in [1.165, 1.54) is 0 Å². The summed E-state index contributed by atoms with van der Waals surface area (Å²) in [4.78, 5) is 31.0. The maximum atomic E-state index is 12.6. The van der Waals surface area contributed by atoms with Crippen molar-refractivity contribution >= 4 is 56.3 Å². The van der Waals surface area contributed by atoms with Gasteiger partial charge in [0.15, 0.2) is 5.75 Å². The number of nitrogens with zero attached hydrogens (tertiary/aromatic N) is 6. The topological polar surface area (TPSA) is 74.3 Å². The molecule has 2 saturated heterocycles. The summed E-state index contributed by atoms with van der Waals surface area (Å²) in [5.41, 5.74) is 0.247. The zero-order valence-corrected chi connectivity index (χ0v) is 23.9. The molecular formula is C25H34BrClN6O3. The van der Waals surface area contributed by atoms with Gasteiger partial charge >= 0.3 is 6.09 Å². The van der Waals surface area contributed by atoms with Crippen LogP contribution in [0.1, 0.15) is 33.6 Å². The third kappa shape index (κ3) is 5.31. The Hall–Kier alpha value is -2.04. The van der Waals surface area contributed by atoms with Crippen molar-refractivity contribution in [1.29, 1.82) is 0 Å². The van der Waals surface area contributed by atoms with E-state index in [-0.39, 0.29) is 12.2 Å². The van der Waals surface area contributed by atoms with Crippen molar-refractivity contribution in [2.24, 2.45) is 0 Å². The van der Waals surface area contributed by atoms with Crippen LogP contribution in [0.3, 0.4) is 0 Å².